The molecular weight excluding hydrogens is 324 g/mol. The molecule has 0 aliphatic rings. The largest absolute Gasteiger partial charge is 0.394 e. The number of hydrogen-bond acceptors (Lipinski definition) is 4. The summed E-state index contributed by atoms with van der Waals surface area (Å²) in [6.07, 6.45) is 13.0. The molecule has 10 heteroatoms. The molecule has 8 nitrogen and oxygen atoms in total. The third kappa shape index (κ3) is 106. The highest BCUT2D eigenvalue weighted by molar-refractivity contribution is 7.80. The van der Waals surface area contributed by atoms with Gasteiger partial charge in [0.05, 0.1) is 0 Å². The maximum atomic E-state index is 8.74. The van der Waals surface area contributed by atoms with Gasteiger partial charge in [-0.05, 0) is 12.8 Å². The molecule has 0 aliphatic heterocycles. The summed E-state index contributed by atoms with van der Waals surface area (Å²) >= 11 is 0. The van der Waals surface area contributed by atoms with Crippen LogP contribution in [0.3, 0.4) is 0 Å². The summed E-state index contributed by atoms with van der Waals surface area (Å²) in [5.41, 5.74) is 0. The van der Waals surface area contributed by atoms with Crippen LogP contribution in [0.5, 0.6) is 0 Å². The van der Waals surface area contributed by atoms with Crippen LogP contribution in [0.4, 0.5) is 0 Å². The molecule has 0 aliphatic carbocycles. The van der Waals surface area contributed by atoms with E-state index in [2.05, 4.69) is 13.5 Å². The minimum Gasteiger partial charge on any atom is -0.264 e. The standard InChI is InChI=1S/C11H22.2H2O4S/c1-3-5-7-9-11-10-8-6-4-2;2*1-5(2,3)4/h3H,1,4-11H2,2H3;2*(H2,1,2,3,4). The molecule has 130 valence electrons. The molecule has 0 saturated heterocycles. The normalized spacial score (nSPS) is 10.7. The Balaban J connectivity index is -0.000000270. The average Bonchev–Trinajstić information content (AvgIpc) is 2.23. The molecular formula is C11H26O8S2. The highest BCUT2D eigenvalue weighted by atomic mass is 32.3. The minimum atomic E-state index is -4.67. The van der Waals surface area contributed by atoms with E-state index in [0.29, 0.717) is 0 Å². The van der Waals surface area contributed by atoms with Gasteiger partial charge in [-0.3, -0.25) is 18.2 Å². The predicted molar refractivity (Wildman–Crippen MR) is 81.2 cm³/mol. The molecule has 0 spiro atoms. The highest BCUT2D eigenvalue weighted by Crippen LogP contribution is 2.07. The summed E-state index contributed by atoms with van der Waals surface area (Å²) in [7, 11) is -9.33. The van der Waals surface area contributed by atoms with Crippen molar-refractivity contribution < 1.29 is 35.0 Å². The Bertz CT molecular complexity index is 368. The van der Waals surface area contributed by atoms with E-state index in [-0.39, 0.29) is 0 Å². The van der Waals surface area contributed by atoms with Crippen molar-refractivity contribution in [1.29, 1.82) is 0 Å². The summed E-state index contributed by atoms with van der Waals surface area (Å²) in [4.78, 5) is 0. The Morgan fingerprint density at radius 2 is 1.05 bits per heavy atom. The second-order valence-electron chi connectivity index (χ2n) is 4.09. The van der Waals surface area contributed by atoms with Gasteiger partial charge in [0.15, 0.2) is 0 Å². The maximum Gasteiger partial charge on any atom is 0.394 e. The first kappa shape index (κ1) is 25.4. The van der Waals surface area contributed by atoms with E-state index < -0.39 is 20.8 Å². The summed E-state index contributed by atoms with van der Waals surface area (Å²) in [6.45, 7) is 5.97. The van der Waals surface area contributed by atoms with Crippen LogP contribution in [0.1, 0.15) is 58.3 Å². The molecule has 0 bridgehead atoms. The first-order chi connectivity index (χ1) is 9.41. The van der Waals surface area contributed by atoms with Crippen LogP contribution < -0.4 is 0 Å². The molecule has 0 aromatic carbocycles. The van der Waals surface area contributed by atoms with Gasteiger partial charge in [-0.2, -0.15) is 16.8 Å². The summed E-state index contributed by atoms with van der Waals surface area (Å²) in [5, 5.41) is 0. The van der Waals surface area contributed by atoms with E-state index in [1.165, 1.54) is 51.4 Å². The quantitative estimate of drug-likeness (QED) is 0.296. The summed E-state index contributed by atoms with van der Waals surface area (Å²) < 4.78 is 63.2. The number of hydrogen-bond donors (Lipinski definition) is 4. The molecule has 0 amide bonds. The topological polar surface area (TPSA) is 149 Å². The molecule has 0 radical (unpaired) electrons. The van der Waals surface area contributed by atoms with Crippen LogP contribution in [-0.2, 0) is 20.8 Å². The second-order valence-corrected chi connectivity index (χ2v) is 5.89. The Morgan fingerprint density at radius 1 is 0.762 bits per heavy atom. The van der Waals surface area contributed by atoms with E-state index in [9.17, 15) is 0 Å². The molecule has 0 aromatic rings. The van der Waals surface area contributed by atoms with E-state index in [4.69, 9.17) is 35.0 Å². The number of rotatable bonds is 8. The van der Waals surface area contributed by atoms with Crippen molar-refractivity contribution in [2.24, 2.45) is 0 Å². The third-order valence-corrected chi connectivity index (χ3v) is 2.01. The lowest BCUT2D eigenvalue weighted by Crippen LogP contribution is -1.89. The summed E-state index contributed by atoms with van der Waals surface area (Å²) in [6, 6.07) is 0. The fourth-order valence-corrected chi connectivity index (χ4v) is 1.25. The molecule has 4 N–H and O–H groups in total. The van der Waals surface area contributed by atoms with Gasteiger partial charge in [-0.1, -0.05) is 51.5 Å². The molecule has 0 fully saturated rings. The first-order valence-electron chi connectivity index (χ1n) is 6.42. The second kappa shape index (κ2) is 15.9. The number of allylic oxidation sites excluding steroid dienone is 1. The third-order valence-electron chi connectivity index (χ3n) is 2.01. The highest BCUT2D eigenvalue weighted by Gasteiger charge is 1.88. The molecule has 0 heterocycles. The molecule has 0 unspecified atom stereocenters. The lowest BCUT2D eigenvalue weighted by atomic mass is 10.1. The van der Waals surface area contributed by atoms with Crippen LogP contribution >= 0.6 is 0 Å². The van der Waals surface area contributed by atoms with E-state index in [1.54, 1.807) is 0 Å². The van der Waals surface area contributed by atoms with Crippen molar-refractivity contribution in [2.45, 2.75) is 58.3 Å². The van der Waals surface area contributed by atoms with Crippen LogP contribution in [0.2, 0.25) is 0 Å². The zero-order valence-electron chi connectivity index (χ0n) is 12.2. The van der Waals surface area contributed by atoms with Gasteiger partial charge in [0.2, 0.25) is 0 Å². The smallest absolute Gasteiger partial charge is 0.264 e. The monoisotopic (exact) mass is 350 g/mol. The van der Waals surface area contributed by atoms with E-state index in [0.717, 1.165) is 0 Å². The van der Waals surface area contributed by atoms with Gasteiger partial charge in [0.25, 0.3) is 0 Å². The molecule has 0 aromatic heterocycles. The Labute approximate surface area is 127 Å². The van der Waals surface area contributed by atoms with Crippen molar-refractivity contribution >= 4 is 20.8 Å². The van der Waals surface area contributed by atoms with Crippen molar-refractivity contribution in [1.82, 2.24) is 0 Å². The van der Waals surface area contributed by atoms with Crippen LogP contribution in [0.15, 0.2) is 12.7 Å². The van der Waals surface area contributed by atoms with Gasteiger partial charge < -0.3 is 0 Å². The molecule has 0 saturated carbocycles. The Kier molecular flexibility index (Phi) is 19.2. The van der Waals surface area contributed by atoms with Gasteiger partial charge in [0.1, 0.15) is 0 Å². The van der Waals surface area contributed by atoms with Gasteiger partial charge in [-0.25, -0.2) is 0 Å². The van der Waals surface area contributed by atoms with Crippen molar-refractivity contribution in [3.05, 3.63) is 12.7 Å². The van der Waals surface area contributed by atoms with Gasteiger partial charge in [0, 0.05) is 0 Å². The fraction of sp³-hybridized carbons (Fsp3) is 0.818. The van der Waals surface area contributed by atoms with Crippen LogP contribution in [0, 0.1) is 0 Å². The lowest BCUT2D eigenvalue weighted by molar-refractivity contribution is 0.378. The first-order valence-corrected chi connectivity index (χ1v) is 9.21. The van der Waals surface area contributed by atoms with Crippen molar-refractivity contribution in [3.63, 3.8) is 0 Å². The van der Waals surface area contributed by atoms with Gasteiger partial charge >= 0.3 is 20.8 Å². The average molecular weight is 350 g/mol. The summed E-state index contributed by atoms with van der Waals surface area (Å²) in [5.74, 6) is 0. The maximum absolute atomic E-state index is 8.74. The lowest BCUT2D eigenvalue weighted by Gasteiger charge is -1.98. The SMILES string of the molecule is C=CCCCCCCCCC.O=S(=O)(O)O.O=S(=O)(O)O. The molecule has 21 heavy (non-hydrogen) atoms. The minimum absolute atomic E-state index is 1.20. The Hall–Kier alpha value is -0.520. The molecule has 0 rings (SSSR count). The van der Waals surface area contributed by atoms with Crippen molar-refractivity contribution in [3.8, 4) is 0 Å². The number of unbranched alkanes of at least 4 members (excludes halogenated alkanes) is 7. The zero-order valence-corrected chi connectivity index (χ0v) is 13.8. The van der Waals surface area contributed by atoms with E-state index >= 15 is 0 Å². The fourth-order valence-electron chi connectivity index (χ4n) is 1.25. The van der Waals surface area contributed by atoms with E-state index in [1.807, 2.05) is 6.08 Å². The Morgan fingerprint density at radius 3 is 1.33 bits per heavy atom. The van der Waals surface area contributed by atoms with Crippen molar-refractivity contribution in [2.75, 3.05) is 0 Å². The van der Waals surface area contributed by atoms with Crippen LogP contribution in [-0.4, -0.2) is 35.0 Å². The van der Waals surface area contributed by atoms with Gasteiger partial charge in [-0.15, -0.1) is 6.58 Å². The van der Waals surface area contributed by atoms with Crippen LogP contribution in [0.25, 0.3) is 0 Å². The zero-order chi connectivity index (χ0) is 17.4. The molecule has 0 atom stereocenters. The predicted octanol–water partition coefficient (Wildman–Crippen LogP) is 3.01.